The van der Waals surface area contributed by atoms with E-state index in [2.05, 4.69) is 15.0 Å². The number of oxazole rings is 1. The molecule has 188 valence electrons. The third kappa shape index (κ3) is 3.60. The molecule has 6 rings (SSSR count). The first-order valence-electron chi connectivity index (χ1n) is 11.7. The summed E-state index contributed by atoms with van der Waals surface area (Å²) in [5.74, 6) is -1.81. The van der Waals surface area contributed by atoms with Crippen molar-refractivity contribution in [2.75, 3.05) is 6.54 Å². The van der Waals surface area contributed by atoms with Crippen molar-refractivity contribution in [3.05, 3.63) is 70.6 Å². The maximum absolute atomic E-state index is 13.9. The number of rotatable bonds is 4. The summed E-state index contributed by atoms with van der Waals surface area (Å²) < 4.78 is 53.3. The van der Waals surface area contributed by atoms with E-state index in [1.807, 2.05) is 24.3 Å². The van der Waals surface area contributed by atoms with Crippen LogP contribution in [0.15, 0.2) is 39.4 Å². The number of fused-ring (bicyclic) bond motifs is 2. The lowest BCUT2D eigenvalue weighted by Gasteiger charge is -2.34. The van der Waals surface area contributed by atoms with Crippen molar-refractivity contribution in [3.63, 3.8) is 0 Å². The molecule has 2 aliphatic rings. The van der Waals surface area contributed by atoms with Gasteiger partial charge in [-0.1, -0.05) is 18.2 Å². The number of benzene rings is 1. The Balaban J connectivity index is 1.52. The molecule has 1 fully saturated rings. The number of para-hydroxylation sites is 1. The molecule has 1 aliphatic carbocycles. The normalized spacial score (nSPS) is 18.6. The van der Waals surface area contributed by atoms with E-state index in [9.17, 15) is 23.1 Å². The molecule has 4 aromatic rings. The van der Waals surface area contributed by atoms with Gasteiger partial charge in [-0.3, -0.25) is 4.79 Å². The predicted octanol–water partition coefficient (Wildman–Crippen LogP) is 5.06. The van der Waals surface area contributed by atoms with Gasteiger partial charge in [-0.05, 0) is 38.7 Å². The van der Waals surface area contributed by atoms with Crippen LogP contribution in [0.2, 0.25) is 0 Å². The molecule has 1 aliphatic heterocycles. The zero-order valence-electron chi connectivity index (χ0n) is 19.5. The second kappa shape index (κ2) is 7.70. The van der Waals surface area contributed by atoms with Crippen LogP contribution in [0.1, 0.15) is 83.5 Å². The number of hydrogen-bond donors (Lipinski definition) is 2. The van der Waals surface area contributed by atoms with Crippen molar-refractivity contribution < 1.29 is 31.9 Å². The van der Waals surface area contributed by atoms with E-state index < -0.39 is 41.1 Å². The topological polar surface area (TPSA) is 108 Å². The van der Waals surface area contributed by atoms with Crippen LogP contribution in [-0.2, 0) is 18.2 Å². The molecule has 2 N–H and O–H groups in total. The SMILES string of the molecule is CC(C)(O)c1nc(C(F)(F)F)c(C(=O)N2CCc3[nH]cnc3[C@H]2c2oc3ccccc3c2C2CC2)o1. The Labute approximate surface area is 203 Å². The van der Waals surface area contributed by atoms with E-state index in [-0.39, 0.29) is 12.5 Å². The number of nitrogens with one attached hydrogen (secondary N) is 1. The molecule has 1 atom stereocenters. The Bertz CT molecular complexity index is 1470. The number of alkyl halides is 3. The lowest BCUT2D eigenvalue weighted by atomic mass is 9.94. The van der Waals surface area contributed by atoms with E-state index in [1.54, 1.807) is 0 Å². The third-order valence-electron chi connectivity index (χ3n) is 6.70. The first-order valence-corrected chi connectivity index (χ1v) is 11.7. The van der Waals surface area contributed by atoms with Gasteiger partial charge in [0.15, 0.2) is 5.69 Å². The van der Waals surface area contributed by atoms with E-state index in [0.717, 1.165) is 29.5 Å². The number of halogens is 3. The number of hydrogen-bond acceptors (Lipinski definition) is 6. The van der Waals surface area contributed by atoms with Crippen LogP contribution >= 0.6 is 0 Å². The van der Waals surface area contributed by atoms with Gasteiger partial charge in [0, 0.05) is 29.6 Å². The van der Waals surface area contributed by atoms with E-state index >= 15 is 0 Å². The van der Waals surface area contributed by atoms with Crippen molar-refractivity contribution in [2.45, 2.75) is 56.8 Å². The van der Waals surface area contributed by atoms with Crippen LogP contribution in [0.3, 0.4) is 0 Å². The lowest BCUT2D eigenvalue weighted by Crippen LogP contribution is -2.41. The fourth-order valence-corrected chi connectivity index (χ4v) is 4.89. The second-order valence-electron chi connectivity index (χ2n) is 9.82. The van der Waals surface area contributed by atoms with Crippen molar-refractivity contribution in [1.82, 2.24) is 19.9 Å². The Hall–Kier alpha value is -3.60. The number of furan rings is 1. The van der Waals surface area contributed by atoms with Crippen LogP contribution < -0.4 is 0 Å². The van der Waals surface area contributed by atoms with Gasteiger partial charge in [0.2, 0.25) is 11.7 Å². The summed E-state index contributed by atoms with van der Waals surface area (Å²) in [6.45, 7) is 2.59. The van der Waals surface area contributed by atoms with Crippen LogP contribution in [0.25, 0.3) is 11.0 Å². The van der Waals surface area contributed by atoms with Crippen LogP contribution in [0.5, 0.6) is 0 Å². The summed E-state index contributed by atoms with van der Waals surface area (Å²) >= 11 is 0. The van der Waals surface area contributed by atoms with Gasteiger partial charge in [-0.2, -0.15) is 13.2 Å². The molecule has 3 aromatic heterocycles. The molecule has 0 bridgehead atoms. The van der Waals surface area contributed by atoms with Crippen molar-refractivity contribution in [2.24, 2.45) is 0 Å². The number of nitrogens with zero attached hydrogens (tertiary/aromatic N) is 3. The number of amides is 1. The van der Waals surface area contributed by atoms with E-state index in [1.165, 1.54) is 25.1 Å². The highest BCUT2D eigenvalue weighted by atomic mass is 19.4. The summed E-state index contributed by atoms with van der Waals surface area (Å²) in [6, 6.07) is 6.67. The Morgan fingerprint density at radius 3 is 2.64 bits per heavy atom. The Morgan fingerprint density at radius 2 is 1.94 bits per heavy atom. The van der Waals surface area contributed by atoms with Gasteiger partial charge in [0.25, 0.3) is 5.91 Å². The van der Waals surface area contributed by atoms with Gasteiger partial charge in [-0.15, -0.1) is 0 Å². The largest absolute Gasteiger partial charge is 0.458 e. The fourth-order valence-electron chi connectivity index (χ4n) is 4.89. The first-order chi connectivity index (χ1) is 17.0. The smallest absolute Gasteiger partial charge is 0.437 e. The van der Waals surface area contributed by atoms with Crippen LogP contribution in [0.4, 0.5) is 13.2 Å². The minimum atomic E-state index is -4.96. The number of aliphatic hydroxyl groups is 1. The number of H-pyrrole nitrogens is 1. The van der Waals surface area contributed by atoms with Gasteiger partial charge in [-0.25, -0.2) is 9.97 Å². The van der Waals surface area contributed by atoms with Crippen LogP contribution in [-0.4, -0.2) is 37.4 Å². The Morgan fingerprint density at radius 1 is 1.19 bits per heavy atom. The minimum absolute atomic E-state index is 0.107. The number of carbonyl (C=O) groups excluding carboxylic acids is 1. The molecule has 36 heavy (non-hydrogen) atoms. The molecule has 8 nitrogen and oxygen atoms in total. The zero-order chi connectivity index (χ0) is 25.4. The highest BCUT2D eigenvalue weighted by molar-refractivity contribution is 5.94. The van der Waals surface area contributed by atoms with E-state index in [0.29, 0.717) is 23.5 Å². The van der Waals surface area contributed by atoms with Gasteiger partial charge < -0.3 is 23.8 Å². The van der Waals surface area contributed by atoms with E-state index in [4.69, 9.17) is 8.83 Å². The molecule has 0 radical (unpaired) electrons. The molecule has 0 spiro atoms. The highest BCUT2D eigenvalue weighted by Crippen LogP contribution is 2.50. The summed E-state index contributed by atoms with van der Waals surface area (Å²) in [4.78, 5) is 26.0. The lowest BCUT2D eigenvalue weighted by molar-refractivity contribution is -0.141. The minimum Gasteiger partial charge on any atom is -0.458 e. The standard InChI is InChI=1S/C25H23F3N4O4/c1-24(2,34)23-31-21(25(26,27)28)20(36-23)22(33)32-10-9-14-17(30-11-29-14)18(32)19-16(12-7-8-12)13-5-3-4-6-15(13)35-19/h3-6,11-12,18,34H,7-10H2,1-2H3,(H,29,30)/t18-/m0/s1. The summed E-state index contributed by atoms with van der Waals surface area (Å²) in [6.07, 6.45) is -1.17. The molecular weight excluding hydrogens is 477 g/mol. The Kier molecular flexibility index (Phi) is 4.88. The first kappa shape index (κ1) is 22.8. The summed E-state index contributed by atoms with van der Waals surface area (Å²) in [7, 11) is 0. The second-order valence-corrected chi connectivity index (χ2v) is 9.82. The molecule has 0 saturated heterocycles. The molecule has 11 heteroatoms. The average molecular weight is 500 g/mol. The van der Waals surface area contributed by atoms with Crippen LogP contribution in [0, 0.1) is 0 Å². The third-order valence-corrected chi connectivity index (χ3v) is 6.70. The number of carbonyl (C=O) groups is 1. The summed E-state index contributed by atoms with van der Waals surface area (Å²) in [5, 5.41) is 11.1. The fraction of sp³-hybridized carbons (Fsp3) is 0.400. The highest BCUT2D eigenvalue weighted by Gasteiger charge is 2.47. The maximum Gasteiger partial charge on any atom is 0.437 e. The molecule has 0 unspecified atom stereocenters. The van der Waals surface area contributed by atoms with Crippen molar-refractivity contribution >= 4 is 16.9 Å². The number of aromatic amines is 1. The number of imidazole rings is 1. The van der Waals surface area contributed by atoms with Gasteiger partial charge >= 0.3 is 6.18 Å². The molecular formula is C25H23F3N4O4. The maximum atomic E-state index is 13.9. The van der Waals surface area contributed by atoms with Gasteiger partial charge in [0.1, 0.15) is 23.0 Å². The zero-order valence-corrected chi connectivity index (χ0v) is 19.5. The number of aromatic nitrogens is 3. The average Bonchev–Trinajstić information content (AvgIpc) is 3.24. The molecule has 4 heterocycles. The molecule has 1 amide bonds. The van der Waals surface area contributed by atoms with Crippen molar-refractivity contribution in [3.8, 4) is 0 Å². The predicted molar refractivity (Wildman–Crippen MR) is 120 cm³/mol. The van der Waals surface area contributed by atoms with Gasteiger partial charge in [0.05, 0.1) is 12.0 Å². The molecule has 1 aromatic carbocycles. The molecule has 1 saturated carbocycles. The van der Waals surface area contributed by atoms with Crippen molar-refractivity contribution in [1.29, 1.82) is 0 Å². The quantitative estimate of drug-likeness (QED) is 0.406. The summed E-state index contributed by atoms with van der Waals surface area (Å²) in [5.41, 5.74) is -0.376. The monoisotopic (exact) mass is 500 g/mol.